The number of amides is 1. The average Bonchev–Trinajstić information content (AvgIpc) is 2.54. The summed E-state index contributed by atoms with van der Waals surface area (Å²) in [5.74, 6) is 0.836. The van der Waals surface area contributed by atoms with E-state index in [0.717, 1.165) is 17.7 Å². The summed E-state index contributed by atoms with van der Waals surface area (Å²) in [4.78, 5) is 11.9. The molecule has 0 atom stereocenters. The normalized spacial score (nSPS) is 12.0. The molecule has 0 spiro atoms. The molecule has 0 saturated carbocycles. The van der Waals surface area contributed by atoms with Crippen molar-refractivity contribution in [2.45, 2.75) is 51.7 Å². The minimum absolute atomic E-state index is 0.0331. The predicted molar refractivity (Wildman–Crippen MR) is 112 cm³/mol. The van der Waals surface area contributed by atoms with Gasteiger partial charge in [-0.1, -0.05) is 39.8 Å². The molecule has 5 nitrogen and oxygen atoms in total. The van der Waals surface area contributed by atoms with Crippen molar-refractivity contribution < 1.29 is 13.2 Å². The number of sulfonamides is 1. The Kier molecular flexibility index (Phi) is 8.96. The Hall–Kier alpha value is -1.21. The van der Waals surface area contributed by atoms with Gasteiger partial charge >= 0.3 is 0 Å². The molecule has 0 aliphatic heterocycles. The number of nitrogens with zero attached hydrogens (tertiary/aromatic N) is 1. The SMILES string of the molecule is CCc1ccc(N(CCCC(=O)NCCSC(C)(C)C)S(C)(=O)=O)cc1. The maximum atomic E-state index is 12.1. The zero-order valence-corrected chi connectivity index (χ0v) is 18.2. The van der Waals surface area contributed by atoms with Crippen LogP contribution in [-0.4, -0.2) is 44.2 Å². The molecule has 0 heterocycles. The van der Waals surface area contributed by atoms with Gasteiger partial charge in [0.2, 0.25) is 15.9 Å². The molecular weight excluding hydrogens is 368 g/mol. The number of nitrogens with one attached hydrogen (secondary N) is 1. The van der Waals surface area contributed by atoms with Crippen LogP contribution in [0.3, 0.4) is 0 Å². The number of carbonyl (C=O) groups excluding carboxylic acids is 1. The van der Waals surface area contributed by atoms with Gasteiger partial charge in [0.25, 0.3) is 0 Å². The minimum Gasteiger partial charge on any atom is -0.355 e. The maximum Gasteiger partial charge on any atom is 0.232 e. The Balaban J connectivity index is 2.49. The van der Waals surface area contributed by atoms with Gasteiger partial charge in [0.15, 0.2) is 0 Å². The highest BCUT2D eigenvalue weighted by atomic mass is 32.2. The molecule has 0 saturated heterocycles. The van der Waals surface area contributed by atoms with Crippen molar-refractivity contribution in [2.75, 3.05) is 29.4 Å². The highest BCUT2D eigenvalue weighted by Crippen LogP contribution is 2.22. The summed E-state index contributed by atoms with van der Waals surface area (Å²) in [6.45, 7) is 9.43. The van der Waals surface area contributed by atoms with Crippen LogP contribution >= 0.6 is 11.8 Å². The van der Waals surface area contributed by atoms with Gasteiger partial charge < -0.3 is 5.32 Å². The molecule has 1 N–H and O–H groups in total. The summed E-state index contributed by atoms with van der Waals surface area (Å²) in [6.07, 6.45) is 2.91. The number of benzene rings is 1. The number of hydrogen-bond donors (Lipinski definition) is 1. The summed E-state index contributed by atoms with van der Waals surface area (Å²) < 4.78 is 25.7. The highest BCUT2D eigenvalue weighted by molar-refractivity contribution is 8.00. The maximum absolute atomic E-state index is 12.1. The summed E-state index contributed by atoms with van der Waals surface area (Å²) in [5, 5.41) is 2.89. The molecular formula is C19H32N2O3S2. The minimum atomic E-state index is -3.37. The van der Waals surface area contributed by atoms with Gasteiger partial charge in [-0.2, -0.15) is 11.8 Å². The van der Waals surface area contributed by atoms with Gasteiger partial charge in [-0.3, -0.25) is 9.10 Å². The van der Waals surface area contributed by atoms with E-state index < -0.39 is 10.0 Å². The molecule has 0 aliphatic rings. The van der Waals surface area contributed by atoms with E-state index in [1.54, 1.807) is 11.8 Å². The first-order chi connectivity index (χ1) is 12.0. The van der Waals surface area contributed by atoms with E-state index in [0.29, 0.717) is 31.6 Å². The number of aryl methyl sites for hydroxylation is 1. The third-order valence-electron chi connectivity index (χ3n) is 3.76. The van der Waals surface area contributed by atoms with E-state index in [-0.39, 0.29) is 10.7 Å². The largest absolute Gasteiger partial charge is 0.355 e. The third-order valence-corrected chi connectivity index (χ3v) is 6.23. The number of rotatable bonds is 10. The number of hydrogen-bond acceptors (Lipinski definition) is 4. The van der Waals surface area contributed by atoms with Crippen molar-refractivity contribution in [3.63, 3.8) is 0 Å². The molecule has 1 amide bonds. The second kappa shape index (κ2) is 10.2. The average molecular weight is 401 g/mol. The standard InChI is InChI=1S/C19H32N2O3S2/c1-6-16-9-11-17(12-10-16)21(26(5,23)24)14-7-8-18(22)20-13-15-25-19(2,3)4/h9-12H,6-8,13-15H2,1-5H3,(H,20,22). The molecule has 1 rings (SSSR count). The fraction of sp³-hybridized carbons (Fsp3) is 0.632. The first-order valence-electron chi connectivity index (χ1n) is 9.00. The third kappa shape index (κ3) is 8.94. The van der Waals surface area contributed by atoms with Crippen LogP contribution in [0.15, 0.2) is 24.3 Å². The topological polar surface area (TPSA) is 66.5 Å². The van der Waals surface area contributed by atoms with Gasteiger partial charge in [-0.25, -0.2) is 8.42 Å². The second-order valence-corrected chi connectivity index (χ2v) is 11.1. The summed E-state index contributed by atoms with van der Waals surface area (Å²) in [5.41, 5.74) is 1.81. The van der Waals surface area contributed by atoms with Crippen molar-refractivity contribution >= 4 is 33.4 Å². The van der Waals surface area contributed by atoms with Crippen LogP contribution < -0.4 is 9.62 Å². The fourth-order valence-corrected chi connectivity index (χ4v) is 4.19. The van der Waals surface area contributed by atoms with Crippen molar-refractivity contribution in [3.8, 4) is 0 Å². The Morgan fingerprint density at radius 1 is 1.19 bits per heavy atom. The van der Waals surface area contributed by atoms with Crippen LogP contribution in [0.1, 0.15) is 46.1 Å². The van der Waals surface area contributed by atoms with Crippen LogP contribution in [0.25, 0.3) is 0 Å². The fourth-order valence-electron chi connectivity index (χ4n) is 2.40. The van der Waals surface area contributed by atoms with E-state index in [1.807, 2.05) is 24.3 Å². The van der Waals surface area contributed by atoms with E-state index in [4.69, 9.17) is 0 Å². The van der Waals surface area contributed by atoms with Crippen molar-refractivity contribution in [2.24, 2.45) is 0 Å². The summed E-state index contributed by atoms with van der Waals surface area (Å²) in [7, 11) is -3.37. The van der Waals surface area contributed by atoms with E-state index in [2.05, 4.69) is 33.0 Å². The van der Waals surface area contributed by atoms with Gasteiger partial charge in [0, 0.05) is 30.0 Å². The van der Waals surface area contributed by atoms with Gasteiger partial charge in [-0.15, -0.1) is 0 Å². The summed E-state index contributed by atoms with van der Waals surface area (Å²) in [6, 6.07) is 7.52. The van der Waals surface area contributed by atoms with Crippen molar-refractivity contribution in [1.29, 1.82) is 0 Å². The predicted octanol–water partition coefficient (Wildman–Crippen LogP) is 3.44. The Bertz CT molecular complexity index is 665. The van der Waals surface area contributed by atoms with Crippen LogP contribution in [0.2, 0.25) is 0 Å². The molecule has 7 heteroatoms. The van der Waals surface area contributed by atoms with E-state index >= 15 is 0 Å². The van der Waals surface area contributed by atoms with Gasteiger partial charge in [-0.05, 0) is 30.5 Å². The van der Waals surface area contributed by atoms with E-state index in [1.165, 1.54) is 10.6 Å². The molecule has 1 aromatic rings. The zero-order chi connectivity index (χ0) is 19.8. The lowest BCUT2D eigenvalue weighted by Crippen LogP contribution is -2.32. The molecule has 0 radical (unpaired) electrons. The van der Waals surface area contributed by atoms with Crippen molar-refractivity contribution in [3.05, 3.63) is 29.8 Å². The van der Waals surface area contributed by atoms with Crippen LogP contribution in [-0.2, 0) is 21.2 Å². The lowest BCUT2D eigenvalue weighted by atomic mass is 10.1. The number of anilines is 1. The lowest BCUT2D eigenvalue weighted by molar-refractivity contribution is -0.121. The van der Waals surface area contributed by atoms with Crippen LogP contribution in [0, 0.1) is 0 Å². The molecule has 0 aromatic heterocycles. The first-order valence-corrected chi connectivity index (χ1v) is 11.8. The first kappa shape index (κ1) is 22.8. The Labute approximate surface area is 163 Å². The number of carbonyl (C=O) groups is 1. The monoisotopic (exact) mass is 400 g/mol. The molecule has 0 fully saturated rings. The summed E-state index contributed by atoms with van der Waals surface area (Å²) >= 11 is 1.81. The van der Waals surface area contributed by atoms with Crippen LogP contribution in [0.4, 0.5) is 5.69 Å². The van der Waals surface area contributed by atoms with Crippen LogP contribution in [0.5, 0.6) is 0 Å². The highest BCUT2D eigenvalue weighted by Gasteiger charge is 2.17. The van der Waals surface area contributed by atoms with Gasteiger partial charge in [0.1, 0.15) is 0 Å². The molecule has 26 heavy (non-hydrogen) atoms. The molecule has 1 aromatic carbocycles. The smallest absolute Gasteiger partial charge is 0.232 e. The quantitative estimate of drug-likeness (QED) is 0.611. The van der Waals surface area contributed by atoms with Gasteiger partial charge in [0.05, 0.1) is 11.9 Å². The molecule has 0 aliphatic carbocycles. The second-order valence-electron chi connectivity index (χ2n) is 7.27. The molecule has 0 bridgehead atoms. The lowest BCUT2D eigenvalue weighted by Gasteiger charge is -2.22. The Morgan fingerprint density at radius 3 is 2.31 bits per heavy atom. The Morgan fingerprint density at radius 2 is 1.81 bits per heavy atom. The molecule has 148 valence electrons. The molecule has 0 unspecified atom stereocenters. The number of thioether (sulfide) groups is 1. The van der Waals surface area contributed by atoms with Crippen molar-refractivity contribution in [1.82, 2.24) is 5.32 Å². The zero-order valence-electron chi connectivity index (χ0n) is 16.5. The van der Waals surface area contributed by atoms with E-state index in [9.17, 15) is 13.2 Å².